The third kappa shape index (κ3) is 1.99. The zero-order valence-electron chi connectivity index (χ0n) is 11.7. The Morgan fingerprint density at radius 2 is 1.95 bits per heavy atom. The molecule has 0 aliphatic carbocycles. The minimum absolute atomic E-state index is 0.546. The van der Waals surface area contributed by atoms with Gasteiger partial charge < -0.3 is 0 Å². The number of aliphatic imine (C=N–C) groups is 1. The molecule has 4 rings (SSSR count). The van der Waals surface area contributed by atoms with Crippen LogP contribution in [0.2, 0.25) is 0 Å². The highest BCUT2D eigenvalue weighted by atomic mass is 15.6. The van der Waals surface area contributed by atoms with Crippen molar-refractivity contribution < 1.29 is 0 Å². The Hall–Kier alpha value is -3.22. The third-order valence-electron chi connectivity index (χ3n) is 3.41. The predicted octanol–water partition coefficient (Wildman–Crippen LogP) is 2.21. The van der Waals surface area contributed by atoms with E-state index in [2.05, 4.69) is 30.6 Å². The van der Waals surface area contributed by atoms with Crippen LogP contribution < -0.4 is 0 Å². The molecule has 3 aromatic heterocycles. The fourth-order valence-corrected chi connectivity index (χ4v) is 2.31. The summed E-state index contributed by atoms with van der Waals surface area (Å²) in [5.74, 6) is 0.546. The van der Waals surface area contributed by atoms with Crippen LogP contribution in [0, 0.1) is 0 Å². The molecule has 0 radical (unpaired) electrons. The van der Waals surface area contributed by atoms with Gasteiger partial charge in [0.2, 0.25) is 5.65 Å². The van der Waals surface area contributed by atoms with E-state index < -0.39 is 0 Å². The number of fused-ring (bicyclic) bond motifs is 3. The summed E-state index contributed by atoms with van der Waals surface area (Å²) in [4.78, 5) is 8.79. The molecular weight excluding hydrogens is 278 g/mol. The minimum atomic E-state index is 0.546. The summed E-state index contributed by atoms with van der Waals surface area (Å²) in [7, 11) is 0. The number of hydrogen-bond donors (Lipinski definition) is 0. The third-order valence-corrected chi connectivity index (χ3v) is 3.41. The van der Waals surface area contributed by atoms with Crippen molar-refractivity contribution in [3.05, 3.63) is 54.4 Å². The van der Waals surface area contributed by atoms with E-state index in [-0.39, 0.29) is 0 Å². The molecule has 22 heavy (non-hydrogen) atoms. The van der Waals surface area contributed by atoms with Crippen LogP contribution in [0.15, 0.2) is 53.8 Å². The van der Waals surface area contributed by atoms with Crippen LogP contribution in [0.5, 0.6) is 0 Å². The highest BCUT2D eigenvalue weighted by Gasteiger charge is 2.11. The first kappa shape index (κ1) is 12.5. The quantitative estimate of drug-likeness (QED) is 0.528. The number of tetrazole rings is 1. The Labute approximate surface area is 125 Å². The number of benzene rings is 1. The van der Waals surface area contributed by atoms with Gasteiger partial charge >= 0.3 is 0 Å². The lowest BCUT2D eigenvalue weighted by Crippen LogP contribution is -1.99. The van der Waals surface area contributed by atoms with Crippen molar-refractivity contribution in [1.29, 1.82) is 0 Å². The van der Waals surface area contributed by atoms with Gasteiger partial charge in [0.1, 0.15) is 0 Å². The molecule has 0 bridgehead atoms. The van der Waals surface area contributed by atoms with Crippen LogP contribution in [-0.2, 0) is 0 Å². The van der Waals surface area contributed by atoms with Crippen molar-refractivity contribution in [3.8, 4) is 0 Å². The smallest absolute Gasteiger partial charge is 0.208 e. The first-order chi connectivity index (χ1) is 10.8. The molecule has 0 N–H and O–H groups in total. The van der Waals surface area contributed by atoms with Crippen molar-refractivity contribution in [2.45, 2.75) is 6.92 Å². The molecule has 3 heterocycles. The maximum Gasteiger partial charge on any atom is 0.208 e. The van der Waals surface area contributed by atoms with Gasteiger partial charge in [-0.3, -0.25) is 4.98 Å². The Morgan fingerprint density at radius 3 is 2.82 bits per heavy atom. The van der Waals surface area contributed by atoms with Gasteiger partial charge in [0, 0.05) is 23.5 Å². The second kappa shape index (κ2) is 4.96. The summed E-state index contributed by atoms with van der Waals surface area (Å²) in [6, 6.07) is 11.8. The van der Waals surface area contributed by atoms with Crippen molar-refractivity contribution in [2.24, 2.45) is 4.99 Å². The van der Waals surface area contributed by atoms with Crippen LogP contribution in [-0.4, -0.2) is 35.9 Å². The van der Waals surface area contributed by atoms with Crippen LogP contribution in [0.4, 0.5) is 5.82 Å². The van der Waals surface area contributed by atoms with Gasteiger partial charge in [0.15, 0.2) is 5.82 Å². The lowest BCUT2D eigenvalue weighted by Gasteiger charge is -2.04. The van der Waals surface area contributed by atoms with Crippen LogP contribution in [0.1, 0.15) is 12.5 Å². The van der Waals surface area contributed by atoms with Gasteiger partial charge in [-0.1, -0.05) is 30.3 Å². The van der Waals surface area contributed by atoms with Gasteiger partial charge in [-0.05, 0) is 29.0 Å². The molecule has 7 nitrogen and oxygen atoms in total. The standard InChI is InChI=1S/C15H11N7/c1-10(11-5-3-2-4-6-11)17-14-13-9-16-8-7-12(13)15-18-20-21-22(15)19-14/h2-9H,1H3. The molecule has 0 aliphatic rings. The molecule has 7 heteroatoms. The molecule has 0 fully saturated rings. The Balaban J connectivity index is 1.97. The topological polar surface area (TPSA) is 81.2 Å². The van der Waals surface area contributed by atoms with E-state index in [1.165, 1.54) is 4.63 Å². The van der Waals surface area contributed by atoms with Crippen LogP contribution in [0.25, 0.3) is 16.4 Å². The highest BCUT2D eigenvalue weighted by molar-refractivity contribution is 6.04. The zero-order chi connectivity index (χ0) is 14.9. The first-order valence-corrected chi connectivity index (χ1v) is 6.76. The Kier molecular flexibility index (Phi) is 2.82. The largest absolute Gasteiger partial charge is 0.264 e. The molecule has 0 aliphatic heterocycles. The second-order valence-corrected chi connectivity index (χ2v) is 4.80. The van der Waals surface area contributed by atoms with E-state index in [4.69, 9.17) is 0 Å². The lowest BCUT2D eigenvalue weighted by atomic mass is 10.1. The molecule has 106 valence electrons. The summed E-state index contributed by atoms with van der Waals surface area (Å²) in [5, 5.41) is 17.6. The molecule has 0 atom stereocenters. The van der Waals surface area contributed by atoms with Crippen molar-refractivity contribution in [3.63, 3.8) is 0 Å². The average Bonchev–Trinajstić information content (AvgIpc) is 3.04. The molecule has 0 saturated carbocycles. The van der Waals surface area contributed by atoms with Gasteiger partial charge in [0.25, 0.3) is 0 Å². The summed E-state index contributed by atoms with van der Waals surface area (Å²) in [6.07, 6.45) is 3.43. The van der Waals surface area contributed by atoms with E-state index in [9.17, 15) is 0 Å². The fraction of sp³-hybridized carbons (Fsp3) is 0.0667. The molecule has 0 amide bonds. The van der Waals surface area contributed by atoms with E-state index in [1.54, 1.807) is 12.4 Å². The number of aromatic nitrogens is 6. The van der Waals surface area contributed by atoms with E-state index in [0.29, 0.717) is 11.5 Å². The molecule has 0 saturated heterocycles. The number of pyridine rings is 1. The van der Waals surface area contributed by atoms with Gasteiger partial charge in [0.05, 0.1) is 5.39 Å². The summed E-state index contributed by atoms with van der Waals surface area (Å²) < 4.78 is 1.39. The van der Waals surface area contributed by atoms with Crippen molar-refractivity contribution in [1.82, 2.24) is 30.2 Å². The zero-order valence-corrected chi connectivity index (χ0v) is 11.7. The molecule has 4 aromatic rings. The van der Waals surface area contributed by atoms with Gasteiger partial charge in [-0.15, -0.1) is 14.8 Å². The monoisotopic (exact) mass is 289 g/mol. The van der Waals surface area contributed by atoms with E-state index in [1.807, 2.05) is 43.3 Å². The number of rotatable bonds is 2. The maximum absolute atomic E-state index is 4.64. The minimum Gasteiger partial charge on any atom is -0.264 e. The molecule has 0 unspecified atom stereocenters. The normalized spacial score (nSPS) is 12.1. The first-order valence-electron chi connectivity index (χ1n) is 6.76. The molecule has 1 aromatic carbocycles. The Morgan fingerprint density at radius 1 is 1.09 bits per heavy atom. The van der Waals surface area contributed by atoms with Crippen LogP contribution >= 0.6 is 0 Å². The number of hydrogen-bond acceptors (Lipinski definition) is 6. The van der Waals surface area contributed by atoms with Gasteiger partial charge in [-0.2, -0.15) is 0 Å². The summed E-state index contributed by atoms with van der Waals surface area (Å²) in [6.45, 7) is 1.95. The van der Waals surface area contributed by atoms with Crippen LogP contribution in [0.3, 0.4) is 0 Å². The summed E-state index contributed by atoms with van der Waals surface area (Å²) >= 11 is 0. The van der Waals surface area contributed by atoms with E-state index in [0.717, 1.165) is 22.0 Å². The Bertz CT molecular complexity index is 989. The van der Waals surface area contributed by atoms with Gasteiger partial charge in [-0.25, -0.2) is 4.99 Å². The molecule has 0 spiro atoms. The van der Waals surface area contributed by atoms with Crippen molar-refractivity contribution in [2.75, 3.05) is 0 Å². The summed E-state index contributed by atoms with van der Waals surface area (Å²) in [5.41, 5.74) is 2.50. The van der Waals surface area contributed by atoms with E-state index >= 15 is 0 Å². The lowest BCUT2D eigenvalue weighted by molar-refractivity contribution is 0.737. The average molecular weight is 289 g/mol. The fourth-order valence-electron chi connectivity index (χ4n) is 2.31. The predicted molar refractivity (Wildman–Crippen MR) is 82.2 cm³/mol. The van der Waals surface area contributed by atoms with Crippen molar-refractivity contribution >= 4 is 27.9 Å². The highest BCUT2D eigenvalue weighted by Crippen LogP contribution is 2.25. The number of nitrogens with zero attached hydrogens (tertiary/aromatic N) is 7. The molecular formula is C15H11N7. The SMILES string of the molecule is CC(=Nc1nn2nnnc2c2ccncc12)c1ccccc1. The second-order valence-electron chi connectivity index (χ2n) is 4.80. The maximum atomic E-state index is 4.64.